The largest absolute Gasteiger partial charge is 0.394 e. The second-order valence-electron chi connectivity index (χ2n) is 26.4. The second kappa shape index (κ2) is 35.4. The van der Waals surface area contributed by atoms with Crippen molar-refractivity contribution in [3.8, 4) is 89.5 Å². The highest BCUT2D eigenvalue weighted by atomic mass is 35.5. The molecule has 16 rings (SSSR count). The van der Waals surface area contributed by atoms with Gasteiger partial charge in [-0.05, 0) is 195 Å². The first-order valence-corrected chi connectivity index (χ1v) is 36.6. The summed E-state index contributed by atoms with van der Waals surface area (Å²) < 4.78 is 34.5. The maximum atomic E-state index is 13.4. The number of aliphatic hydroxyl groups excluding tert-OH is 4. The fraction of sp³-hybridized carbons (Fsp3) is 0.300. The summed E-state index contributed by atoms with van der Waals surface area (Å²) in [6.07, 6.45) is 17.4. The highest BCUT2D eigenvalue weighted by molar-refractivity contribution is 6.31. The van der Waals surface area contributed by atoms with Gasteiger partial charge in [0.2, 0.25) is 0 Å². The van der Waals surface area contributed by atoms with E-state index in [2.05, 4.69) is 40.4 Å². The smallest absolute Gasteiger partial charge is 0.135 e. The third kappa shape index (κ3) is 17.1. The SMILES string of the molecule is NCCN1CC(O)Cn2nc(-c3ccc(Cl)cc3)c(-c3ccncc3)c21.NCCN1CC(O)Cn2nc(-c3ccc(F)cc3)c(-c3ccncc3)c21.OCCn1nc(-c2ccc(Cl)cc2)c(-c2ccncc2)c1C1CCNCC1.OCCn1nc(-c2ccc(F)cc2)c(-c2ccncc2)c1C1CCNCC1. The van der Waals surface area contributed by atoms with Crippen LogP contribution in [0.4, 0.5) is 20.4 Å². The molecular weight excluding hydrogens is 1390 g/mol. The summed E-state index contributed by atoms with van der Waals surface area (Å²) in [5.41, 5.74) is 29.3. The van der Waals surface area contributed by atoms with Crippen molar-refractivity contribution in [2.24, 2.45) is 11.5 Å². The number of pyridine rings is 4. The lowest BCUT2D eigenvalue weighted by Crippen LogP contribution is -2.43. The first kappa shape index (κ1) is 74.3. The molecule has 2 saturated heterocycles. The number of aliphatic hydroxyl groups is 4. The summed E-state index contributed by atoms with van der Waals surface area (Å²) in [7, 11) is 0. The molecule has 548 valence electrons. The Kier molecular flexibility index (Phi) is 24.8. The van der Waals surface area contributed by atoms with Crippen LogP contribution in [0.1, 0.15) is 48.9 Å². The van der Waals surface area contributed by atoms with Gasteiger partial charge < -0.3 is 52.3 Å². The summed E-state index contributed by atoms with van der Waals surface area (Å²) in [4.78, 5) is 20.7. The minimum atomic E-state index is -0.514. The van der Waals surface area contributed by atoms with Crippen LogP contribution in [0.15, 0.2) is 195 Å². The standard InChI is InChI=1S/C21H23ClN4O.C21H23FN4O.C19H20ClN5O.C19H20FN5O/c2*22-18-3-1-16(2-4-18)20-19(15-5-9-23-10-6-15)21(26(25-20)13-14-27)17-7-11-24-12-8-17;2*20-15-3-1-14(2-4-15)18-17(13-5-8-22-9-6-13)19-24(10-7-21)11-16(26)12-25(19)23-18/h2*1-6,9-10,17,24,27H,7-8,11-14H2;2*1-6,8-9,16,26H,7,10-12,21H2. The van der Waals surface area contributed by atoms with Crippen LogP contribution in [-0.4, -0.2) is 170 Å². The predicted molar refractivity (Wildman–Crippen MR) is 412 cm³/mol. The number of nitrogens with one attached hydrogen (secondary N) is 2. The Morgan fingerprint density at radius 3 is 0.972 bits per heavy atom. The van der Waals surface area contributed by atoms with E-state index in [0.29, 0.717) is 87.3 Å². The molecule has 2 fully saturated rings. The van der Waals surface area contributed by atoms with Crippen LogP contribution in [0.3, 0.4) is 0 Å². The Morgan fingerprint density at radius 2 is 0.670 bits per heavy atom. The van der Waals surface area contributed by atoms with Crippen molar-refractivity contribution in [1.29, 1.82) is 0 Å². The summed E-state index contributed by atoms with van der Waals surface area (Å²) in [6, 6.07) is 44.0. The Bertz CT molecular complexity index is 4470. The molecule has 8 aromatic heterocycles. The number of nitrogens with zero attached hydrogens (tertiary/aromatic N) is 14. The van der Waals surface area contributed by atoms with E-state index in [1.807, 2.05) is 128 Å². The highest BCUT2D eigenvalue weighted by Gasteiger charge is 2.34. The molecule has 4 aromatic carbocycles. The monoisotopic (exact) mass is 1470 g/mol. The molecule has 0 saturated carbocycles. The molecule has 12 heterocycles. The lowest BCUT2D eigenvalue weighted by atomic mass is 9.88. The van der Waals surface area contributed by atoms with Crippen molar-refractivity contribution in [1.82, 2.24) is 69.7 Å². The molecule has 26 heteroatoms. The van der Waals surface area contributed by atoms with E-state index < -0.39 is 12.2 Å². The number of fused-ring (bicyclic) bond motifs is 2. The lowest BCUT2D eigenvalue weighted by molar-refractivity contribution is 0.144. The van der Waals surface area contributed by atoms with Gasteiger partial charge in [-0.25, -0.2) is 18.1 Å². The number of nitrogens with two attached hydrogens (primary N) is 2. The van der Waals surface area contributed by atoms with Crippen molar-refractivity contribution < 1.29 is 29.2 Å². The number of anilines is 2. The average molecular weight is 1470 g/mol. The van der Waals surface area contributed by atoms with Gasteiger partial charge in [0, 0.05) is 144 Å². The molecule has 0 bridgehead atoms. The lowest BCUT2D eigenvalue weighted by Gasteiger charge is -2.33. The number of β-amino-alcohol motifs (C(OH)–C–C–N with tert-alkyl or cyclic N) is 2. The summed E-state index contributed by atoms with van der Waals surface area (Å²) in [5.74, 6) is 2.13. The fourth-order valence-electron chi connectivity index (χ4n) is 14.6. The highest BCUT2D eigenvalue weighted by Crippen LogP contribution is 2.46. The molecular formula is C80H86Cl2F2N18O4. The zero-order valence-electron chi connectivity index (χ0n) is 58.6. The van der Waals surface area contributed by atoms with Crippen LogP contribution < -0.4 is 31.9 Å². The number of rotatable bonds is 18. The molecule has 0 spiro atoms. The van der Waals surface area contributed by atoms with E-state index in [9.17, 15) is 29.2 Å². The van der Waals surface area contributed by atoms with Crippen LogP contribution in [0.5, 0.6) is 0 Å². The van der Waals surface area contributed by atoms with Crippen LogP contribution in [-0.2, 0) is 26.2 Å². The minimum absolute atomic E-state index is 0.0261. The van der Waals surface area contributed by atoms with Crippen molar-refractivity contribution >= 4 is 34.8 Å². The first-order chi connectivity index (χ1) is 51.9. The molecule has 2 unspecified atom stereocenters. The van der Waals surface area contributed by atoms with E-state index in [1.165, 1.54) is 30.0 Å². The number of hydrogen-bond acceptors (Lipinski definition) is 18. The van der Waals surface area contributed by atoms with Gasteiger partial charge in [-0.1, -0.05) is 47.5 Å². The number of halogens is 4. The molecule has 10 N–H and O–H groups in total. The Balaban J connectivity index is 0.000000125. The molecule has 12 aromatic rings. The number of hydrogen-bond donors (Lipinski definition) is 8. The normalized spacial score (nSPS) is 15.9. The van der Waals surface area contributed by atoms with Crippen molar-refractivity contribution in [3.63, 3.8) is 0 Å². The second-order valence-corrected chi connectivity index (χ2v) is 27.2. The van der Waals surface area contributed by atoms with Gasteiger partial charge in [-0.15, -0.1) is 0 Å². The molecule has 2 atom stereocenters. The van der Waals surface area contributed by atoms with Gasteiger partial charge in [0.15, 0.2) is 0 Å². The van der Waals surface area contributed by atoms with Gasteiger partial charge in [0.1, 0.15) is 46.0 Å². The summed E-state index contributed by atoms with van der Waals surface area (Å²) >= 11 is 12.1. The van der Waals surface area contributed by atoms with E-state index >= 15 is 0 Å². The number of piperidine rings is 2. The van der Waals surface area contributed by atoms with E-state index in [1.54, 1.807) is 61.4 Å². The number of aromatic nitrogens is 12. The maximum Gasteiger partial charge on any atom is 0.135 e. The quantitative estimate of drug-likeness (QED) is 0.0396. The van der Waals surface area contributed by atoms with Gasteiger partial charge in [0.05, 0.1) is 74.1 Å². The minimum Gasteiger partial charge on any atom is -0.394 e. The first-order valence-electron chi connectivity index (χ1n) is 35.9. The average Bonchev–Trinajstić information content (AvgIpc) is 1.62. The third-order valence-electron chi connectivity index (χ3n) is 19.3. The molecule has 0 radical (unpaired) electrons. The maximum absolute atomic E-state index is 13.4. The topological polar surface area (TPSA) is 286 Å². The molecule has 0 aliphatic carbocycles. The fourth-order valence-corrected chi connectivity index (χ4v) is 14.9. The molecule has 22 nitrogen and oxygen atoms in total. The summed E-state index contributed by atoms with van der Waals surface area (Å²) in [5, 5.41) is 67.3. The van der Waals surface area contributed by atoms with E-state index in [0.717, 1.165) is 159 Å². The summed E-state index contributed by atoms with van der Waals surface area (Å²) in [6.45, 7) is 9.13. The number of benzene rings is 4. The van der Waals surface area contributed by atoms with Crippen LogP contribution in [0.2, 0.25) is 10.0 Å². The molecule has 106 heavy (non-hydrogen) atoms. The van der Waals surface area contributed by atoms with Crippen molar-refractivity contribution in [2.45, 2.75) is 75.9 Å². The van der Waals surface area contributed by atoms with Gasteiger partial charge in [-0.3, -0.25) is 29.3 Å². The van der Waals surface area contributed by atoms with Gasteiger partial charge >= 0.3 is 0 Å². The van der Waals surface area contributed by atoms with E-state index in [4.69, 9.17) is 55.1 Å². The van der Waals surface area contributed by atoms with Gasteiger partial charge in [0.25, 0.3) is 0 Å². The van der Waals surface area contributed by atoms with Crippen LogP contribution in [0.25, 0.3) is 89.5 Å². The molecule has 4 aliphatic rings. The zero-order chi connectivity index (χ0) is 73.5. The van der Waals surface area contributed by atoms with Gasteiger partial charge in [-0.2, -0.15) is 20.4 Å². The molecule has 0 amide bonds. The van der Waals surface area contributed by atoms with Crippen LogP contribution >= 0.6 is 23.2 Å². The van der Waals surface area contributed by atoms with Crippen molar-refractivity contribution in [3.05, 3.63) is 228 Å². The van der Waals surface area contributed by atoms with Crippen molar-refractivity contribution in [2.75, 3.05) is 88.5 Å². The third-order valence-corrected chi connectivity index (χ3v) is 19.8. The Hall–Kier alpha value is -9.96. The zero-order valence-corrected chi connectivity index (χ0v) is 60.2. The predicted octanol–water partition coefficient (Wildman–Crippen LogP) is 11.2. The Morgan fingerprint density at radius 1 is 0.377 bits per heavy atom. The Labute approximate surface area is 624 Å². The molecule has 4 aliphatic heterocycles. The van der Waals surface area contributed by atoms with E-state index in [-0.39, 0.29) is 24.8 Å². The van der Waals surface area contributed by atoms with Crippen LogP contribution in [0, 0.1) is 11.6 Å².